The molecule has 0 aromatic heterocycles. The second-order valence-corrected chi connectivity index (χ2v) is 12.7. The minimum absolute atomic E-state index is 0.208. The van der Waals surface area contributed by atoms with Gasteiger partial charge in [0.1, 0.15) is 0 Å². The number of alkyl halides is 6. The van der Waals surface area contributed by atoms with Gasteiger partial charge in [0.25, 0.3) is 0 Å². The summed E-state index contributed by atoms with van der Waals surface area (Å²) in [6.07, 6.45) is -10.4. The first-order valence-electron chi connectivity index (χ1n) is 11.3. The van der Waals surface area contributed by atoms with Gasteiger partial charge in [0.05, 0.1) is 29.3 Å². The summed E-state index contributed by atoms with van der Waals surface area (Å²) >= 11 is 5.97. The highest BCUT2D eigenvalue weighted by molar-refractivity contribution is 8.10. The molecule has 4 rings (SSSR count). The molecule has 200 valence electrons. The molecule has 0 radical (unpaired) electrons. The second kappa shape index (κ2) is 10.4. The van der Waals surface area contributed by atoms with Crippen LogP contribution in [0, 0.1) is 11.3 Å². The highest BCUT2D eigenvalue weighted by Gasteiger charge is 2.52. The van der Waals surface area contributed by atoms with E-state index in [1.165, 1.54) is 24.3 Å². The van der Waals surface area contributed by atoms with Gasteiger partial charge >= 0.3 is 12.4 Å². The van der Waals surface area contributed by atoms with E-state index in [0.717, 1.165) is 24.3 Å². The Morgan fingerprint density at radius 2 is 1.24 bits per heavy atom. The quantitative estimate of drug-likeness (QED) is 0.231. The van der Waals surface area contributed by atoms with E-state index in [9.17, 15) is 31.6 Å². The van der Waals surface area contributed by atoms with E-state index in [1.807, 2.05) is 0 Å². The lowest BCUT2D eigenvalue weighted by Gasteiger charge is -2.32. The molecule has 0 spiro atoms. The van der Waals surface area contributed by atoms with E-state index in [4.69, 9.17) is 16.3 Å². The third-order valence-electron chi connectivity index (χ3n) is 6.47. The van der Waals surface area contributed by atoms with Crippen molar-refractivity contribution in [3.8, 4) is 6.07 Å². The van der Waals surface area contributed by atoms with Gasteiger partial charge in [0.15, 0.2) is 6.10 Å². The van der Waals surface area contributed by atoms with Crippen molar-refractivity contribution in [2.75, 3.05) is 14.1 Å². The van der Waals surface area contributed by atoms with Gasteiger partial charge in [-0.05, 0) is 66.9 Å². The third-order valence-corrected chi connectivity index (χ3v) is 10.9. The molecular weight excluding hydrogens is 547 g/mol. The van der Waals surface area contributed by atoms with Gasteiger partial charge in [-0.1, -0.05) is 54.6 Å². The molecule has 3 atom stereocenters. The van der Waals surface area contributed by atoms with Crippen LogP contribution in [-0.2, 0) is 28.7 Å². The Labute approximate surface area is 221 Å². The molecule has 0 saturated carbocycles. The van der Waals surface area contributed by atoms with Crippen LogP contribution in [0.2, 0.25) is 0 Å². The van der Waals surface area contributed by atoms with Crippen LogP contribution in [0.4, 0.5) is 26.3 Å². The smallest absolute Gasteiger partial charge is 0.303 e. The number of rotatable bonds is 5. The summed E-state index contributed by atoms with van der Waals surface area (Å²) in [5, 5.41) is 9.85. The molecule has 3 aromatic carbocycles. The molecule has 0 aliphatic carbocycles. The van der Waals surface area contributed by atoms with E-state index in [1.54, 1.807) is 53.8 Å². The summed E-state index contributed by atoms with van der Waals surface area (Å²) in [4.78, 5) is 0. The molecule has 0 bridgehead atoms. The zero-order valence-electron chi connectivity index (χ0n) is 20.1. The number of hydrogen-bond acceptors (Lipinski definition) is 3. The summed E-state index contributed by atoms with van der Waals surface area (Å²) in [6, 6.07) is 18.1. The maximum atomic E-state index is 13.6. The number of nitrogens with zero attached hydrogens (tertiary/aromatic N) is 3. The Hall–Kier alpha value is -2.74. The van der Waals surface area contributed by atoms with Crippen molar-refractivity contribution in [3.63, 3.8) is 0 Å². The molecule has 1 saturated heterocycles. The van der Waals surface area contributed by atoms with E-state index >= 15 is 0 Å². The maximum Gasteiger partial charge on any atom is 0.416 e. The first-order chi connectivity index (χ1) is 17.8. The second-order valence-electron chi connectivity index (χ2n) is 8.80. The third kappa shape index (κ3) is 5.37. The SMILES string of the molecule is CN1[C@H](c2cccc(C(F)(F)F)c2)[C@@H](c2cccc(C(F)(F)F)c2)N(C)P1(=S)OC(C#N)c1ccccc1. The Bertz CT molecular complexity index is 1320. The molecule has 1 fully saturated rings. The lowest BCUT2D eigenvalue weighted by atomic mass is 9.91. The van der Waals surface area contributed by atoms with Gasteiger partial charge in [-0.3, -0.25) is 0 Å². The number of hydrogen-bond donors (Lipinski definition) is 0. The average Bonchev–Trinajstić information content (AvgIpc) is 3.08. The molecule has 4 nitrogen and oxygen atoms in total. The van der Waals surface area contributed by atoms with Crippen molar-refractivity contribution in [1.82, 2.24) is 9.34 Å². The zero-order chi connectivity index (χ0) is 27.9. The fraction of sp³-hybridized carbons (Fsp3) is 0.269. The molecule has 1 aliphatic rings. The monoisotopic (exact) mass is 569 g/mol. The number of nitriles is 1. The van der Waals surface area contributed by atoms with Crippen LogP contribution in [0.1, 0.15) is 46.0 Å². The zero-order valence-corrected chi connectivity index (χ0v) is 21.8. The highest BCUT2D eigenvalue weighted by Crippen LogP contribution is 2.70. The van der Waals surface area contributed by atoms with Crippen molar-refractivity contribution < 1.29 is 30.9 Å². The molecule has 3 aromatic rings. The van der Waals surface area contributed by atoms with Gasteiger partial charge in [-0.2, -0.15) is 31.6 Å². The predicted octanol–water partition coefficient (Wildman–Crippen LogP) is 7.89. The van der Waals surface area contributed by atoms with Gasteiger partial charge in [0, 0.05) is 0 Å². The fourth-order valence-corrected chi connectivity index (χ4v) is 7.81. The van der Waals surface area contributed by atoms with E-state index in [-0.39, 0.29) is 11.1 Å². The van der Waals surface area contributed by atoms with Crippen molar-refractivity contribution >= 4 is 18.4 Å². The molecule has 1 unspecified atom stereocenters. The minimum Gasteiger partial charge on any atom is -0.303 e. The summed E-state index contributed by atoms with van der Waals surface area (Å²) in [6.45, 7) is -3.33. The van der Waals surface area contributed by atoms with E-state index in [2.05, 4.69) is 6.07 Å². The first kappa shape index (κ1) is 28.3. The largest absolute Gasteiger partial charge is 0.416 e. The van der Waals surface area contributed by atoms with Crippen LogP contribution in [0.15, 0.2) is 78.9 Å². The van der Waals surface area contributed by atoms with E-state index in [0.29, 0.717) is 5.56 Å². The molecule has 1 heterocycles. The highest BCUT2D eigenvalue weighted by atomic mass is 32.5. The van der Waals surface area contributed by atoms with Gasteiger partial charge in [-0.15, -0.1) is 0 Å². The summed E-state index contributed by atoms with van der Waals surface area (Å²) in [5.74, 6) is 0. The van der Waals surface area contributed by atoms with Crippen molar-refractivity contribution in [2.24, 2.45) is 0 Å². The fourth-order valence-electron chi connectivity index (χ4n) is 4.61. The first-order valence-corrected chi connectivity index (χ1v) is 13.9. The molecule has 1 aliphatic heterocycles. The molecular formula is C26H22F6N3OPS. The van der Waals surface area contributed by atoms with Crippen molar-refractivity contribution in [3.05, 3.63) is 107 Å². The number of benzene rings is 3. The van der Waals surface area contributed by atoms with Gasteiger partial charge < -0.3 is 4.52 Å². The molecule has 38 heavy (non-hydrogen) atoms. The van der Waals surface area contributed by atoms with Crippen molar-refractivity contribution in [1.29, 1.82) is 5.26 Å². The lowest BCUT2D eigenvalue weighted by molar-refractivity contribution is -0.138. The minimum atomic E-state index is -4.62. The summed E-state index contributed by atoms with van der Waals surface area (Å²) < 4.78 is 90.8. The van der Waals surface area contributed by atoms with Crippen LogP contribution >= 0.6 is 6.57 Å². The maximum absolute atomic E-state index is 13.6. The molecule has 12 heteroatoms. The Morgan fingerprint density at radius 3 is 1.63 bits per heavy atom. The summed E-state index contributed by atoms with van der Waals surface area (Å²) in [5.41, 5.74) is -0.845. The molecule has 0 N–H and O–H groups in total. The van der Waals surface area contributed by atoms with Crippen LogP contribution in [-0.4, -0.2) is 23.4 Å². The Kier molecular flexibility index (Phi) is 7.77. The normalized spacial score (nSPS) is 21.2. The number of likely N-dealkylation sites (N-methyl/N-ethyl adjacent to an activating group) is 2. The van der Waals surface area contributed by atoms with Crippen LogP contribution in [0.3, 0.4) is 0 Å². The predicted molar refractivity (Wildman–Crippen MR) is 134 cm³/mol. The summed E-state index contributed by atoms with van der Waals surface area (Å²) in [7, 11) is 3.13. The number of halogens is 6. The van der Waals surface area contributed by atoms with Gasteiger partial charge in [-0.25, -0.2) is 9.34 Å². The standard InChI is InChI=1S/C26H22F6N3OPS/c1-34-23(18-10-6-12-20(14-18)25(27,28)29)24(19-11-7-13-21(15-19)26(30,31)32)35(2)37(34,38)36-22(16-33)17-8-4-3-5-9-17/h3-15,22-24H,1-2H3/t22?,23-,24-/m1/s1. The Balaban J connectivity index is 1.86. The molecule has 0 amide bonds. The van der Waals surface area contributed by atoms with Gasteiger partial charge in [0.2, 0.25) is 6.57 Å². The van der Waals surface area contributed by atoms with Crippen LogP contribution in [0.25, 0.3) is 0 Å². The average molecular weight is 570 g/mol. The van der Waals surface area contributed by atoms with E-state index < -0.39 is 48.2 Å². The Morgan fingerprint density at radius 1 is 0.789 bits per heavy atom. The van der Waals surface area contributed by atoms with Crippen LogP contribution < -0.4 is 0 Å². The lowest BCUT2D eigenvalue weighted by Crippen LogP contribution is -2.22. The topological polar surface area (TPSA) is 39.5 Å². The van der Waals surface area contributed by atoms with Crippen molar-refractivity contribution in [2.45, 2.75) is 30.5 Å². The van der Waals surface area contributed by atoms with Crippen LogP contribution in [0.5, 0.6) is 0 Å².